The van der Waals surface area contributed by atoms with E-state index in [1.54, 1.807) is 18.2 Å². The van der Waals surface area contributed by atoms with E-state index in [0.29, 0.717) is 11.3 Å². The summed E-state index contributed by atoms with van der Waals surface area (Å²) in [6.45, 7) is 1.52. The molecule has 3 heteroatoms. The Labute approximate surface area is 98.0 Å². The molecule has 0 radical (unpaired) electrons. The van der Waals surface area contributed by atoms with Crippen LogP contribution >= 0.6 is 15.9 Å². The summed E-state index contributed by atoms with van der Waals surface area (Å²) in [4.78, 5) is 11.1. The summed E-state index contributed by atoms with van der Waals surface area (Å²) in [5, 5.41) is 0.853. The molecule has 0 aliphatic rings. The number of nitrogen functional groups attached to an aromatic ring is 1. The average Bonchev–Trinajstić information content (AvgIpc) is 2.20. The number of halogens is 1. The summed E-state index contributed by atoms with van der Waals surface area (Å²) in [5.41, 5.74) is 7.74. The molecule has 0 aliphatic carbocycles. The van der Waals surface area contributed by atoms with Crippen molar-refractivity contribution in [2.75, 3.05) is 11.1 Å². The van der Waals surface area contributed by atoms with Gasteiger partial charge in [0.1, 0.15) is 0 Å². The van der Waals surface area contributed by atoms with Crippen LogP contribution in [0.1, 0.15) is 29.3 Å². The molecule has 0 amide bonds. The molecule has 2 N–H and O–H groups in total. The number of anilines is 1. The first kappa shape index (κ1) is 11.8. The van der Waals surface area contributed by atoms with Crippen molar-refractivity contribution in [3.8, 4) is 11.8 Å². The van der Waals surface area contributed by atoms with Gasteiger partial charge in [0.15, 0.2) is 5.78 Å². The van der Waals surface area contributed by atoms with Crippen LogP contribution in [0.5, 0.6) is 0 Å². The van der Waals surface area contributed by atoms with Crippen LogP contribution in [-0.4, -0.2) is 11.1 Å². The molecular weight excluding hydrogens is 254 g/mol. The van der Waals surface area contributed by atoms with Crippen molar-refractivity contribution in [3.63, 3.8) is 0 Å². The zero-order valence-electron chi connectivity index (χ0n) is 8.51. The number of ketones is 1. The van der Waals surface area contributed by atoms with Gasteiger partial charge in [-0.2, -0.15) is 0 Å². The average molecular weight is 266 g/mol. The molecule has 0 fully saturated rings. The third kappa shape index (κ3) is 3.41. The Hall–Kier alpha value is -1.27. The summed E-state index contributed by atoms with van der Waals surface area (Å²) in [5.74, 6) is 5.96. The highest BCUT2D eigenvalue weighted by molar-refractivity contribution is 9.09. The lowest BCUT2D eigenvalue weighted by Gasteiger charge is -2.00. The number of Topliss-reactive ketones (excluding diaryl/α,β-unsaturated/α-hetero) is 1. The second-order valence-electron chi connectivity index (χ2n) is 3.10. The van der Waals surface area contributed by atoms with Gasteiger partial charge >= 0.3 is 0 Å². The first-order valence-electron chi connectivity index (χ1n) is 4.60. The van der Waals surface area contributed by atoms with Crippen LogP contribution in [0, 0.1) is 11.8 Å². The Morgan fingerprint density at radius 3 is 2.80 bits per heavy atom. The van der Waals surface area contributed by atoms with E-state index in [-0.39, 0.29) is 5.78 Å². The van der Waals surface area contributed by atoms with Crippen molar-refractivity contribution >= 4 is 27.4 Å². The predicted molar refractivity (Wildman–Crippen MR) is 66.1 cm³/mol. The van der Waals surface area contributed by atoms with E-state index in [1.807, 2.05) is 0 Å². The topological polar surface area (TPSA) is 43.1 Å². The Morgan fingerprint density at radius 2 is 2.27 bits per heavy atom. The van der Waals surface area contributed by atoms with Crippen molar-refractivity contribution in [1.29, 1.82) is 0 Å². The fourth-order valence-electron chi connectivity index (χ4n) is 1.10. The fraction of sp³-hybridized carbons (Fsp3) is 0.250. The maximum Gasteiger partial charge on any atom is 0.159 e. The zero-order valence-corrected chi connectivity index (χ0v) is 10.1. The highest BCUT2D eigenvalue weighted by Gasteiger charge is 2.01. The fourth-order valence-corrected chi connectivity index (χ4v) is 1.30. The zero-order chi connectivity index (χ0) is 11.3. The van der Waals surface area contributed by atoms with Crippen LogP contribution < -0.4 is 5.73 Å². The van der Waals surface area contributed by atoms with Gasteiger partial charge in [0.2, 0.25) is 0 Å². The number of hydrogen-bond acceptors (Lipinski definition) is 2. The standard InChI is InChI=1S/C12H12BrNO/c1-9(15)11-6-5-10(12(14)8-11)4-2-3-7-13/h5-6,8H,3,7,14H2,1H3. The number of carbonyl (C=O) groups is 1. The molecule has 0 atom stereocenters. The third-order valence-corrected chi connectivity index (χ3v) is 2.30. The summed E-state index contributed by atoms with van der Waals surface area (Å²) in [7, 11) is 0. The maximum absolute atomic E-state index is 11.1. The Balaban J connectivity index is 2.95. The Morgan fingerprint density at radius 1 is 1.53 bits per heavy atom. The summed E-state index contributed by atoms with van der Waals surface area (Å²) in [6.07, 6.45) is 0.786. The number of nitrogens with two attached hydrogens (primary N) is 1. The number of carbonyl (C=O) groups excluding carboxylic acids is 1. The monoisotopic (exact) mass is 265 g/mol. The van der Waals surface area contributed by atoms with E-state index < -0.39 is 0 Å². The minimum absolute atomic E-state index is 0.0154. The first-order chi connectivity index (χ1) is 7.15. The largest absolute Gasteiger partial charge is 0.398 e. The van der Waals surface area contributed by atoms with Crippen LogP contribution in [0.3, 0.4) is 0 Å². The number of alkyl halides is 1. The maximum atomic E-state index is 11.1. The van der Waals surface area contributed by atoms with Gasteiger partial charge in [-0.15, -0.1) is 0 Å². The molecule has 0 bridgehead atoms. The quantitative estimate of drug-likeness (QED) is 0.387. The van der Waals surface area contributed by atoms with E-state index in [9.17, 15) is 4.79 Å². The van der Waals surface area contributed by atoms with Crippen LogP contribution in [0.4, 0.5) is 5.69 Å². The van der Waals surface area contributed by atoms with Gasteiger partial charge in [0.05, 0.1) is 0 Å². The molecule has 78 valence electrons. The molecule has 0 aromatic heterocycles. The summed E-state index contributed by atoms with van der Waals surface area (Å²) >= 11 is 3.29. The van der Waals surface area contributed by atoms with Crippen LogP contribution in [0.15, 0.2) is 18.2 Å². The number of benzene rings is 1. The highest BCUT2D eigenvalue weighted by Crippen LogP contribution is 2.13. The predicted octanol–water partition coefficient (Wildman–Crippen LogP) is 2.61. The van der Waals surface area contributed by atoms with Gasteiger partial charge in [-0.05, 0) is 19.1 Å². The molecule has 0 heterocycles. The molecule has 1 rings (SSSR count). The highest BCUT2D eigenvalue weighted by atomic mass is 79.9. The van der Waals surface area contributed by atoms with Crippen molar-refractivity contribution in [3.05, 3.63) is 29.3 Å². The van der Waals surface area contributed by atoms with Gasteiger partial charge < -0.3 is 5.73 Å². The first-order valence-corrected chi connectivity index (χ1v) is 5.72. The molecule has 0 unspecified atom stereocenters. The molecule has 0 aliphatic heterocycles. The van der Waals surface area contributed by atoms with Crippen molar-refractivity contribution < 1.29 is 4.79 Å². The van der Waals surface area contributed by atoms with Crippen molar-refractivity contribution in [1.82, 2.24) is 0 Å². The molecular formula is C12H12BrNO. The second-order valence-corrected chi connectivity index (χ2v) is 3.89. The second kappa shape index (κ2) is 5.57. The minimum atomic E-state index is 0.0154. The SMILES string of the molecule is CC(=O)c1ccc(C#CCCBr)c(N)c1. The number of hydrogen-bond donors (Lipinski definition) is 1. The van der Waals surface area contributed by atoms with Gasteiger partial charge in [0.25, 0.3) is 0 Å². The van der Waals surface area contributed by atoms with Gasteiger partial charge in [-0.3, -0.25) is 4.79 Å². The Kier molecular flexibility index (Phi) is 4.38. The lowest BCUT2D eigenvalue weighted by molar-refractivity contribution is 0.101. The molecule has 1 aromatic carbocycles. The molecule has 0 saturated carbocycles. The van der Waals surface area contributed by atoms with E-state index in [4.69, 9.17) is 5.73 Å². The molecule has 1 aromatic rings. The minimum Gasteiger partial charge on any atom is -0.398 e. The third-order valence-electron chi connectivity index (χ3n) is 1.90. The van der Waals surface area contributed by atoms with E-state index in [0.717, 1.165) is 17.3 Å². The van der Waals surface area contributed by atoms with Gasteiger partial charge in [-0.25, -0.2) is 0 Å². The van der Waals surface area contributed by atoms with E-state index in [1.165, 1.54) is 6.92 Å². The van der Waals surface area contributed by atoms with Crippen LogP contribution in [0.2, 0.25) is 0 Å². The van der Waals surface area contributed by atoms with E-state index in [2.05, 4.69) is 27.8 Å². The number of rotatable bonds is 2. The Bertz CT molecular complexity index is 429. The summed E-state index contributed by atoms with van der Waals surface area (Å²) < 4.78 is 0. The lowest BCUT2D eigenvalue weighted by atomic mass is 10.1. The van der Waals surface area contributed by atoms with Crippen LogP contribution in [-0.2, 0) is 0 Å². The van der Waals surface area contributed by atoms with Crippen molar-refractivity contribution in [2.45, 2.75) is 13.3 Å². The summed E-state index contributed by atoms with van der Waals surface area (Å²) in [6, 6.07) is 5.20. The van der Waals surface area contributed by atoms with E-state index >= 15 is 0 Å². The normalized spacial score (nSPS) is 9.20. The van der Waals surface area contributed by atoms with Crippen LogP contribution in [0.25, 0.3) is 0 Å². The molecule has 0 spiro atoms. The van der Waals surface area contributed by atoms with Gasteiger partial charge in [-0.1, -0.05) is 33.8 Å². The lowest BCUT2D eigenvalue weighted by Crippen LogP contribution is -1.96. The molecule has 15 heavy (non-hydrogen) atoms. The molecule has 0 saturated heterocycles. The van der Waals surface area contributed by atoms with Gasteiger partial charge in [0, 0.05) is 28.6 Å². The van der Waals surface area contributed by atoms with Crippen molar-refractivity contribution in [2.24, 2.45) is 0 Å². The molecule has 2 nitrogen and oxygen atoms in total. The smallest absolute Gasteiger partial charge is 0.159 e.